The highest BCUT2D eigenvalue weighted by atomic mass is 19.3. The van der Waals surface area contributed by atoms with Crippen molar-refractivity contribution >= 4 is 5.96 Å². The van der Waals surface area contributed by atoms with Crippen LogP contribution in [0.3, 0.4) is 0 Å². The number of halogens is 2. The molecule has 0 aliphatic carbocycles. The number of nitrogens with zero attached hydrogens (tertiary/aromatic N) is 1. The number of hydrogen-bond acceptors (Lipinski definition) is 3. The highest BCUT2D eigenvalue weighted by molar-refractivity contribution is 5.79. The zero-order valence-corrected chi connectivity index (χ0v) is 11.3. The second-order valence-electron chi connectivity index (χ2n) is 4.25. The van der Waals surface area contributed by atoms with Gasteiger partial charge in [-0.2, -0.15) is 0 Å². The van der Waals surface area contributed by atoms with Gasteiger partial charge in [-0.3, -0.25) is 0 Å². The first kappa shape index (κ1) is 16.1. The van der Waals surface area contributed by atoms with Crippen LogP contribution >= 0.6 is 0 Å². The minimum atomic E-state index is -2.42. The molecule has 0 saturated carbocycles. The van der Waals surface area contributed by atoms with Crippen LogP contribution in [0.25, 0.3) is 0 Å². The molecule has 1 aliphatic heterocycles. The molecule has 1 saturated heterocycles. The summed E-state index contributed by atoms with van der Waals surface area (Å²) in [6.07, 6.45) is -0.455. The summed E-state index contributed by atoms with van der Waals surface area (Å²) in [6, 6.07) is 0. The molecule has 1 aliphatic rings. The standard InChI is InChI=1S/C12H23F2N3O2/c1-2-15-12(17-8-11(13)14)16-5-3-6-19-10-4-7-18-9-10/h10-11H,2-9H2,1H3,(H2,15,16,17). The van der Waals surface area contributed by atoms with E-state index in [-0.39, 0.29) is 6.10 Å². The molecule has 1 unspecified atom stereocenters. The lowest BCUT2D eigenvalue weighted by Crippen LogP contribution is -2.38. The highest BCUT2D eigenvalue weighted by Gasteiger charge is 2.15. The van der Waals surface area contributed by atoms with Gasteiger partial charge in [0.2, 0.25) is 0 Å². The summed E-state index contributed by atoms with van der Waals surface area (Å²) in [5.74, 6) is 0.423. The number of alkyl halides is 2. The lowest BCUT2D eigenvalue weighted by atomic mass is 10.3. The summed E-state index contributed by atoms with van der Waals surface area (Å²) in [7, 11) is 0. The largest absolute Gasteiger partial charge is 0.379 e. The Kier molecular flexibility index (Phi) is 8.40. The third-order valence-electron chi connectivity index (χ3n) is 2.59. The first-order valence-electron chi connectivity index (χ1n) is 6.72. The topological polar surface area (TPSA) is 54.9 Å². The minimum absolute atomic E-state index is 0.209. The summed E-state index contributed by atoms with van der Waals surface area (Å²) < 4.78 is 34.9. The van der Waals surface area contributed by atoms with E-state index in [0.717, 1.165) is 19.4 Å². The van der Waals surface area contributed by atoms with E-state index in [1.54, 1.807) is 0 Å². The summed E-state index contributed by atoms with van der Waals surface area (Å²) in [5, 5.41) is 5.91. The van der Waals surface area contributed by atoms with Crippen molar-refractivity contribution in [2.24, 2.45) is 4.99 Å². The molecule has 19 heavy (non-hydrogen) atoms. The van der Waals surface area contributed by atoms with Gasteiger partial charge in [0.1, 0.15) is 6.54 Å². The van der Waals surface area contributed by atoms with E-state index in [1.807, 2.05) is 6.92 Å². The molecule has 1 rings (SSSR count). The first-order chi connectivity index (χ1) is 9.22. The summed E-state index contributed by atoms with van der Waals surface area (Å²) >= 11 is 0. The smallest absolute Gasteiger partial charge is 0.257 e. The van der Waals surface area contributed by atoms with Crippen molar-refractivity contribution in [2.45, 2.75) is 32.3 Å². The molecule has 1 fully saturated rings. The van der Waals surface area contributed by atoms with Crippen molar-refractivity contribution in [3.05, 3.63) is 0 Å². The predicted octanol–water partition coefficient (Wildman–Crippen LogP) is 1.00. The fourth-order valence-electron chi connectivity index (χ4n) is 1.68. The molecular weight excluding hydrogens is 256 g/mol. The van der Waals surface area contributed by atoms with Gasteiger partial charge in [0.25, 0.3) is 6.43 Å². The number of guanidine groups is 1. The van der Waals surface area contributed by atoms with Crippen LogP contribution in [0.1, 0.15) is 19.8 Å². The monoisotopic (exact) mass is 279 g/mol. The molecule has 7 heteroatoms. The fraction of sp³-hybridized carbons (Fsp3) is 0.917. The normalized spacial score (nSPS) is 20.0. The number of aliphatic imine (C=N–C) groups is 1. The number of rotatable bonds is 8. The molecule has 0 spiro atoms. The molecule has 0 bridgehead atoms. The van der Waals surface area contributed by atoms with Crippen molar-refractivity contribution in [1.29, 1.82) is 0 Å². The molecule has 1 atom stereocenters. The van der Waals surface area contributed by atoms with E-state index in [2.05, 4.69) is 15.6 Å². The Hall–Kier alpha value is -0.950. The quantitative estimate of drug-likeness (QED) is 0.395. The maximum absolute atomic E-state index is 12.1. The maximum Gasteiger partial charge on any atom is 0.257 e. The Morgan fingerprint density at radius 1 is 1.47 bits per heavy atom. The molecule has 0 aromatic carbocycles. The van der Waals surface area contributed by atoms with Crippen molar-refractivity contribution in [1.82, 2.24) is 10.6 Å². The zero-order chi connectivity index (χ0) is 13.9. The third kappa shape index (κ3) is 7.94. The van der Waals surface area contributed by atoms with E-state index in [4.69, 9.17) is 9.47 Å². The van der Waals surface area contributed by atoms with E-state index in [1.165, 1.54) is 0 Å². The minimum Gasteiger partial charge on any atom is -0.379 e. The summed E-state index contributed by atoms with van der Waals surface area (Å²) in [4.78, 5) is 3.77. The van der Waals surface area contributed by atoms with Crippen LogP contribution in [0.5, 0.6) is 0 Å². The number of nitrogens with one attached hydrogen (secondary N) is 2. The van der Waals surface area contributed by atoms with E-state index < -0.39 is 13.0 Å². The molecule has 112 valence electrons. The van der Waals surface area contributed by atoms with Gasteiger partial charge in [-0.05, 0) is 19.8 Å². The van der Waals surface area contributed by atoms with E-state index in [0.29, 0.717) is 32.3 Å². The second-order valence-corrected chi connectivity index (χ2v) is 4.25. The molecule has 2 N–H and O–H groups in total. The Balaban J connectivity index is 2.08. The highest BCUT2D eigenvalue weighted by Crippen LogP contribution is 2.07. The molecule has 0 amide bonds. The number of hydrogen-bond donors (Lipinski definition) is 2. The fourth-order valence-corrected chi connectivity index (χ4v) is 1.68. The molecule has 0 aromatic heterocycles. The Morgan fingerprint density at radius 2 is 2.32 bits per heavy atom. The van der Waals surface area contributed by atoms with Crippen molar-refractivity contribution < 1.29 is 18.3 Å². The van der Waals surface area contributed by atoms with Gasteiger partial charge < -0.3 is 20.1 Å². The van der Waals surface area contributed by atoms with Crippen LogP contribution in [-0.4, -0.2) is 57.9 Å². The van der Waals surface area contributed by atoms with Gasteiger partial charge in [0, 0.05) is 26.3 Å². The molecule has 0 radical (unpaired) electrons. The second kappa shape index (κ2) is 9.91. The Morgan fingerprint density at radius 3 is 2.95 bits per heavy atom. The third-order valence-corrected chi connectivity index (χ3v) is 2.59. The van der Waals surface area contributed by atoms with Crippen LogP contribution in [-0.2, 0) is 9.47 Å². The van der Waals surface area contributed by atoms with Crippen LogP contribution in [0.15, 0.2) is 4.99 Å². The van der Waals surface area contributed by atoms with E-state index in [9.17, 15) is 8.78 Å². The average molecular weight is 279 g/mol. The molecular formula is C12H23F2N3O2. The zero-order valence-electron chi connectivity index (χ0n) is 11.3. The van der Waals surface area contributed by atoms with Gasteiger partial charge in [-0.1, -0.05) is 0 Å². The van der Waals surface area contributed by atoms with Gasteiger partial charge in [-0.25, -0.2) is 13.8 Å². The Labute approximate surface area is 112 Å². The lowest BCUT2D eigenvalue weighted by Gasteiger charge is -2.12. The predicted molar refractivity (Wildman–Crippen MR) is 69.8 cm³/mol. The molecule has 0 aromatic rings. The van der Waals surface area contributed by atoms with Crippen LogP contribution in [0.2, 0.25) is 0 Å². The van der Waals surface area contributed by atoms with Crippen molar-refractivity contribution in [2.75, 3.05) is 39.5 Å². The summed E-state index contributed by atoms with van der Waals surface area (Å²) in [6.45, 7) is 4.77. The molecule has 1 heterocycles. The first-order valence-corrected chi connectivity index (χ1v) is 6.72. The summed E-state index contributed by atoms with van der Waals surface area (Å²) in [5.41, 5.74) is 0. The van der Waals surface area contributed by atoms with Gasteiger partial charge in [0.05, 0.1) is 12.7 Å². The Bertz CT molecular complexity index is 259. The van der Waals surface area contributed by atoms with Crippen molar-refractivity contribution in [3.63, 3.8) is 0 Å². The van der Waals surface area contributed by atoms with Crippen LogP contribution in [0.4, 0.5) is 8.78 Å². The SMILES string of the molecule is CCNC(=NCC(F)F)NCCCOC1CCOC1. The average Bonchev–Trinajstić information content (AvgIpc) is 2.88. The molecule has 5 nitrogen and oxygen atoms in total. The van der Waals surface area contributed by atoms with Gasteiger partial charge in [0.15, 0.2) is 5.96 Å². The van der Waals surface area contributed by atoms with Gasteiger partial charge >= 0.3 is 0 Å². The number of ether oxygens (including phenoxy) is 2. The van der Waals surface area contributed by atoms with E-state index >= 15 is 0 Å². The maximum atomic E-state index is 12.1. The van der Waals surface area contributed by atoms with Crippen LogP contribution in [0, 0.1) is 0 Å². The van der Waals surface area contributed by atoms with Crippen LogP contribution < -0.4 is 10.6 Å². The lowest BCUT2D eigenvalue weighted by molar-refractivity contribution is 0.0420. The van der Waals surface area contributed by atoms with Crippen molar-refractivity contribution in [3.8, 4) is 0 Å². The van der Waals surface area contributed by atoms with Gasteiger partial charge in [-0.15, -0.1) is 0 Å².